The maximum atomic E-state index is 12.5. The Labute approximate surface area is 147 Å². The SMILES string of the molecule is C[C@@H](c1ccccc1)N(C)CCS(=O)(=O)c1cc(Cl)ccc1Cl. The highest BCUT2D eigenvalue weighted by atomic mass is 35.5. The van der Waals surface area contributed by atoms with Gasteiger partial charge in [0.25, 0.3) is 0 Å². The van der Waals surface area contributed by atoms with Crippen molar-refractivity contribution in [3.63, 3.8) is 0 Å². The maximum absolute atomic E-state index is 12.5. The van der Waals surface area contributed by atoms with Crippen molar-refractivity contribution in [2.24, 2.45) is 0 Å². The molecule has 0 aliphatic carbocycles. The molecule has 124 valence electrons. The van der Waals surface area contributed by atoms with Crippen LogP contribution in [-0.4, -0.2) is 32.7 Å². The average molecular weight is 372 g/mol. The third kappa shape index (κ3) is 4.70. The summed E-state index contributed by atoms with van der Waals surface area (Å²) in [7, 11) is -1.57. The zero-order valence-corrected chi connectivity index (χ0v) is 15.4. The van der Waals surface area contributed by atoms with Crippen LogP contribution in [0.25, 0.3) is 0 Å². The molecule has 0 aliphatic heterocycles. The second-order valence-electron chi connectivity index (χ2n) is 5.46. The fraction of sp³-hybridized carbons (Fsp3) is 0.294. The molecule has 0 aromatic heterocycles. The third-order valence-corrected chi connectivity index (χ3v) is 6.29. The molecule has 2 rings (SSSR count). The van der Waals surface area contributed by atoms with Crippen LogP contribution in [-0.2, 0) is 9.84 Å². The molecule has 0 radical (unpaired) electrons. The lowest BCUT2D eigenvalue weighted by atomic mass is 10.1. The fourth-order valence-corrected chi connectivity index (χ4v) is 4.40. The van der Waals surface area contributed by atoms with Crippen molar-refractivity contribution in [1.29, 1.82) is 0 Å². The van der Waals surface area contributed by atoms with E-state index in [4.69, 9.17) is 23.2 Å². The van der Waals surface area contributed by atoms with Gasteiger partial charge in [0.1, 0.15) is 0 Å². The summed E-state index contributed by atoms with van der Waals surface area (Å²) >= 11 is 11.9. The largest absolute Gasteiger partial charge is 0.299 e. The van der Waals surface area contributed by atoms with E-state index in [9.17, 15) is 8.42 Å². The number of rotatable bonds is 6. The van der Waals surface area contributed by atoms with Crippen LogP contribution in [0.3, 0.4) is 0 Å². The lowest BCUT2D eigenvalue weighted by molar-refractivity contribution is 0.276. The zero-order chi connectivity index (χ0) is 17.0. The molecule has 0 unspecified atom stereocenters. The quantitative estimate of drug-likeness (QED) is 0.751. The summed E-state index contributed by atoms with van der Waals surface area (Å²) in [6.45, 7) is 2.45. The first-order valence-corrected chi connectivity index (χ1v) is 9.65. The third-order valence-electron chi connectivity index (χ3n) is 3.88. The molecular formula is C17H19Cl2NO2S. The van der Waals surface area contributed by atoms with E-state index in [0.29, 0.717) is 11.6 Å². The Balaban J connectivity index is 2.08. The van der Waals surface area contributed by atoms with E-state index in [-0.39, 0.29) is 21.7 Å². The van der Waals surface area contributed by atoms with E-state index in [1.807, 2.05) is 49.2 Å². The van der Waals surface area contributed by atoms with Crippen LogP contribution in [0.15, 0.2) is 53.4 Å². The van der Waals surface area contributed by atoms with Crippen LogP contribution < -0.4 is 0 Å². The first-order chi connectivity index (χ1) is 10.8. The first kappa shape index (κ1) is 18.3. The monoisotopic (exact) mass is 371 g/mol. The summed E-state index contributed by atoms with van der Waals surface area (Å²) in [5.41, 5.74) is 1.15. The second kappa shape index (κ2) is 7.67. The summed E-state index contributed by atoms with van der Waals surface area (Å²) < 4.78 is 25.0. The number of nitrogens with zero attached hydrogens (tertiary/aromatic N) is 1. The summed E-state index contributed by atoms with van der Waals surface area (Å²) in [5, 5.41) is 0.562. The van der Waals surface area contributed by atoms with Gasteiger partial charge in [0, 0.05) is 17.6 Å². The van der Waals surface area contributed by atoms with Crippen LogP contribution >= 0.6 is 23.2 Å². The summed E-state index contributed by atoms with van der Waals surface area (Å²) in [6.07, 6.45) is 0. The Morgan fingerprint density at radius 2 is 1.74 bits per heavy atom. The van der Waals surface area contributed by atoms with Crippen molar-refractivity contribution in [2.45, 2.75) is 17.9 Å². The minimum absolute atomic E-state index is 0.0132. The summed E-state index contributed by atoms with van der Waals surface area (Å²) in [6, 6.07) is 14.6. The van der Waals surface area contributed by atoms with E-state index >= 15 is 0 Å². The Hall–Kier alpha value is -1.07. The average Bonchev–Trinajstić information content (AvgIpc) is 2.55. The molecule has 2 aromatic carbocycles. The van der Waals surface area contributed by atoms with Crippen molar-refractivity contribution in [2.75, 3.05) is 19.3 Å². The number of halogens is 2. The summed E-state index contributed by atoms with van der Waals surface area (Å²) in [5.74, 6) is -0.0132. The van der Waals surface area contributed by atoms with Gasteiger partial charge in [-0.2, -0.15) is 0 Å². The molecule has 2 aromatic rings. The van der Waals surface area contributed by atoms with Gasteiger partial charge in [0.15, 0.2) is 9.84 Å². The Bertz CT molecular complexity index is 763. The van der Waals surface area contributed by atoms with Gasteiger partial charge in [-0.1, -0.05) is 53.5 Å². The Morgan fingerprint density at radius 3 is 2.39 bits per heavy atom. The summed E-state index contributed by atoms with van der Waals surface area (Å²) in [4.78, 5) is 2.10. The highest BCUT2D eigenvalue weighted by molar-refractivity contribution is 7.91. The normalized spacial score (nSPS) is 13.3. The van der Waals surface area contributed by atoms with E-state index in [1.165, 1.54) is 12.1 Å². The second-order valence-corrected chi connectivity index (χ2v) is 8.38. The van der Waals surface area contributed by atoms with Crippen LogP contribution in [0.4, 0.5) is 0 Å². The predicted octanol–water partition coefficient (Wildman–Crippen LogP) is 4.46. The predicted molar refractivity (Wildman–Crippen MR) is 96.0 cm³/mol. The number of hydrogen-bond acceptors (Lipinski definition) is 3. The van der Waals surface area contributed by atoms with Crippen LogP contribution in [0.2, 0.25) is 10.0 Å². The van der Waals surface area contributed by atoms with E-state index in [0.717, 1.165) is 5.56 Å². The number of benzene rings is 2. The zero-order valence-electron chi connectivity index (χ0n) is 13.0. The lowest BCUT2D eigenvalue weighted by Crippen LogP contribution is -2.28. The van der Waals surface area contributed by atoms with Crippen LogP contribution in [0.5, 0.6) is 0 Å². The molecule has 0 aliphatic rings. The van der Waals surface area contributed by atoms with Gasteiger partial charge in [0.05, 0.1) is 15.7 Å². The molecule has 0 heterocycles. The lowest BCUT2D eigenvalue weighted by Gasteiger charge is -2.25. The molecule has 0 fully saturated rings. The minimum atomic E-state index is -3.48. The van der Waals surface area contributed by atoms with Crippen molar-refractivity contribution in [3.05, 3.63) is 64.1 Å². The van der Waals surface area contributed by atoms with Gasteiger partial charge in [-0.15, -0.1) is 0 Å². The van der Waals surface area contributed by atoms with Gasteiger partial charge in [-0.3, -0.25) is 4.90 Å². The van der Waals surface area contributed by atoms with Gasteiger partial charge in [0.2, 0.25) is 0 Å². The molecule has 0 saturated carbocycles. The topological polar surface area (TPSA) is 37.4 Å². The first-order valence-electron chi connectivity index (χ1n) is 7.24. The molecule has 1 atom stereocenters. The standard InChI is InChI=1S/C17H19Cl2NO2S/c1-13(14-6-4-3-5-7-14)20(2)10-11-23(21,22)17-12-15(18)8-9-16(17)19/h3-9,12-13H,10-11H2,1-2H3/t13-/m0/s1. The van der Waals surface area contributed by atoms with Crippen LogP contribution in [0.1, 0.15) is 18.5 Å². The van der Waals surface area contributed by atoms with Gasteiger partial charge < -0.3 is 0 Å². The molecule has 0 bridgehead atoms. The van der Waals surface area contributed by atoms with Crippen LogP contribution in [0, 0.1) is 0 Å². The smallest absolute Gasteiger partial charge is 0.181 e. The van der Waals surface area contributed by atoms with E-state index in [1.54, 1.807) is 6.07 Å². The molecule has 3 nitrogen and oxygen atoms in total. The molecule has 23 heavy (non-hydrogen) atoms. The Morgan fingerprint density at radius 1 is 1.09 bits per heavy atom. The molecular weight excluding hydrogens is 353 g/mol. The molecule has 0 spiro atoms. The molecule has 0 amide bonds. The van der Waals surface area contributed by atoms with E-state index < -0.39 is 9.84 Å². The van der Waals surface area contributed by atoms with Gasteiger partial charge >= 0.3 is 0 Å². The Kier molecular flexibility index (Phi) is 6.09. The van der Waals surface area contributed by atoms with Gasteiger partial charge in [-0.25, -0.2) is 8.42 Å². The van der Waals surface area contributed by atoms with Gasteiger partial charge in [-0.05, 0) is 37.7 Å². The van der Waals surface area contributed by atoms with Crippen molar-refractivity contribution < 1.29 is 8.42 Å². The van der Waals surface area contributed by atoms with Crippen molar-refractivity contribution >= 4 is 33.0 Å². The maximum Gasteiger partial charge on any atom is 0.181 e. The highest BCUT2D eigenvalue weighted by Crippen LogP contribution is 2.26. The number of hydrogen-bond donors (Lipinski definition) is 0. The van der Waals surface area contributed by atoms with E-state index in [2.05, 4.69) is 0 Å². The fourth-order valence-electron chi connectivity index (χ4n) is 2.27. The molecule has 0 N–H and O–H groups in total. The molecule has 6 heteroatoms. The highest BCUT2D eigenvalue weighted by Gasteiger charge is 2.21. The van der Waals surface area contributed by atoms with Crippen molar-refractivity contribution in [1.82, 2.24) is 4.90 Å². The van der Waals surface area contributed by atoms with Crippen molar-refractivity contribution in [3.8, 4) is 0 Å². The number of sulfone groups is 1. The minimum Gasteiger partial charge on any atom is -0.299 e. The molecule has 0 saturated heterocycles.